The van der Waals surface area contributed by atoms with Crippen LogP contribution in [-0.2, 0) is 29.6 Å². The van der Waals surface area contributed by atoms with Gasteiger partial charge in [-0.05, 0) is 55.0 Å². The number of carbonyl (C=O) groups excluding carboxylic acids is 2. The molecular weight excluding hydrogens is 681 g/mol. The van der Waals surface area contributed by atoms with Gasteiger partial charge in [0.15, 0.2) is 0 Å². The Balaban J connectivity index is 1.37. The summed E-state index contributed by atoms with van der Waals surface area (Å²) in [5.74, 6) is -1.38. The summed E-state index contributed by atoms with van der Waals surface area (Å²) >= 11 is 0. The lowest BCUT2D eigenvalue weighted by molar-refractivity contribution is -0.385. The Morgan fingerprint density at radius 1 is 0.551 bits per heavy atom. The molecule has 0 spiro atoms. The number of nitrogens with zero attached hydrogens (tertiary/aromatic N) is 4. The van der Waals surface area contributed by atoms with Gasteiger partial charge in [-0.3, -0.25) is 38.4 Å². The van der Waals surface area contributed by atoms with Crippen LogP contribution in [-0.4, -0.2) is 64.7 Å². The average Bonchev–Trinajstić information content (AvgIpc) is 3.10. The number of nitro benzene ring substituents is 2. The maximum atomic E-state index is 13.4. The third kappa shape index (κ3) is 9.14. The molecule has 0 heterocycles. The molecule has 0 atom stereocenters. The standard InChI is InChI=1S/C31H30N6O10S2/c38-30(22-34(24-12-16-26(17-13-24)36(40)41)48(44,45)28-8-3-1-4-9-28)32-20-7-21-33-31(39)23-35(25-14-18-27(19-15-25)37(42)43)49(46,47)29-10-5-2-6-11-29/h1-6,8-19H,7,20-23H2,(H,32,38)(H,33,39). The number of non-ortho nitro benzene ring substituents is 2. The van der Waals surface area contributed by atoms with Crippen LogP contribution in [0.2, 0.25) is 0 Å². The van der Waals surface area contributed by atoms with E-state index in [0.29, 0.717) is 0 Å². The molecule has 0 aliphatic rings. The summed E-state index contributed by atoms with van der Waals surface area (Å²) in [6, 6.07) is 24.1. The zero-order chi connectivity index (χ0) is 35.6. The number of hydrogen-bond donors (Lipinski definition) is 2. The molecule has 0 fully saturated rings. The Labute approximate surface area is 281 Å². The molecule has 16 nitrogen and oxygen atoms in total. The molecule has 49 heavy (non-hydrogen) atoms. The van der Waals surface area contributed by atoms with E-state index in [2.05, 4.69) is 10.6 Å². The Morgan fingerprint density at radius 2 is 0.878 bits per heavy atom. The van der Waals surface area contributed by atoms with E-state index in [1.54, 1.807) is 12.1 Å². The van der Waals surface area contributed by atoms with E-state index in [9.17, 15) is 46.7 Å². The van der Waals surface area contributed by atoms with Crippen LogP contribution < -0.4 is 19.2 Å². The number of benzene rings is 4. The summed E-state index contributed by atoms with van der Waals surface area (Å²) in [6.07, 6.45) is 0.184. The second kappa shape index (κ2) is 15.8. The van der Waals surface area contributed by atoms with Crippen molar-refractivity contribution in [2.75, 3.05) is 34.8 Å². The highest BCUT2D eigenvalue weighted by atomic mass is 32.2. The van der Waals surface area contributed by atoms with Gasteiger partial charge in [-0.25, -0.2) is 16.8 Å². The van der Waals surface area contributed by atoms with Crippen LogP contribution in [0.5, 0.6) is 0 Å². The van der Waals surface area contributed by atoms with Crippen LogP contribution in [0.15, 0.2) is 119 Å². The average molecular weight is 711 g/mol. The minimum absolute atomic E-state index is 0.00692. The maximum absolute atomic E-state index is 13.4. The number of carbonyl (C=O) groups is 2. The fourth-order valence-corrected chi connectivity index (χ4v) is 7.35. The van der Waals surface area contributed by atoms with E-state index in [1.807, 2.05) is 0 Å². The number of amides is 2. The summed E-state index contributed by atoms with van der Waals surface area (Å²) < 4.78 is 55.3. The molecule has 2 N–H and O–H groups in total. The number of sulfonamides is 2. The molecule has 0 saturated carbocycles. The van der Waals surface area contributed by atoms with Crippen molar-refractivity contribution in [2.45, 2.75) is 16.2 Å². The highest BCUT2D eigenvalue weighted by Gasteiger charge is 2.29. The largest absolute Gasteiger partial charge is 0.354 e. The van der Waals surface area contributed by atoms with E-state index in [-0.39, 0.29) is 52.1 Å². The van der Waals surface area contributed by atoms with Crippen molar-refractivity contribution in [1.82, 2.24) is 10.6 Å². The first kappa shape index (κ1) is 36.0. The summed E-state index contributed by atoms with van der Waals surface area (Å²) in [7, 11) is -8.49. The van der Waals surface area contributed by atoms with Gasteiger partial charge in [0.25, 0.3) is 31.4 Å². The van der Waals surface area contributed by atoms with Gasteiger partial charge in [0.2, 0.25) is 11.8 Å². The number of nitro groups is 2. The minimum Gasteiger partial charge on any atom is -0.354 e. The van der Waals surface area contributed by atoms with E-state index in [0.717, 1.165) is 32.9 Å². The monoisotopic (exact) mass is 710 g/mol. The zero-order valence-corrected chi connectivity index (χ0v) is 27.2. The highest BCUT2D eigenvalue weighted by molar-refractivity contribution is 7.93. The molecule has 0 saturated heterocycles. The topological polar surface area (TPSA) is 219 Å². The molecule has 4 aromatic carbocycles. The van der Waals surface area contributed by atoms with E-state index in [1.165, 1.54) is 72.8 Å². The van der Waals surface area contributed by atoms with Crippen molar-refractivity contribution >= 4 is 54.6 Å². The molecule has 0 bridgehead atoms. The van der Waals surface area contributed by atoms with Gasteiger partial charge in [-0.1, -0.05) is 36.4 Å². The molecule has 4 rings (SSSR count). The van der Waals surface area contributed by atoms with Gasteiger partial charge >= 0.3 is 0 Å². The first-order valence-corrected chi connectivity index (χ1v) is 17.4. The normalized spacial score (nSPS) is 11.3. The number of hydrogen-bond acceptors (Lipinski definition) is 10. The fraction of sp³-hybridized carbons (Fsp3) is 0.161. The van der Waals surface area contributed by atoms with Crippen LogP contribution in [0.3, 0.4) is 0 Å². The van der Waals surface area contributed by atoms with Gasteiger partial charge in [0, 0.05) is 37.4 Å². The van der Waals surface area contributed by atoms with E-state index in [4.69, 9.17) is 0 Å². The zero-order valence-electron chi connectivity index (χ0n) is 25.6. The smallest absolute Gasteiger partial charge is 0.269 e. The van der Waals surface area contributed by atoms with Gasteiger partial charge in [-0.2, -0.15) is 0 Å². The van der Waals surface area contributed by atoms with Crippen LogP contribution in [0.1, 0.15) is 6.42 Å². The van der Waals surface area contributed by atoms with E-state index >= 15 is 0 Å². The van der Waals surface area contributed by atoms with E-state index < -0.39 is 54.8 Å². The number of nitrogens with one attached hydrogen (secondary N) is 2. The fourth-order valence-electron chi connectivity index (χ4n) is 4.47. The molecule has 2 amide bonds. The minimum atomic E-state index is -4.24. The SMILES string of the molecule is O=C(CN(c1ccc([N+](=O)[O-])cc1)S(=O)(=O)c1ccccc1)NCCCNC(=O)CN(c1ccc([N+](=O)[O-])cc1)S(=O)(=O)c1ccccc1. The van der Waals surface area contributed by atoms with Crippen molar-refractivity contribution in [3.63, 3.8) is 0 Å². The van der Waals surface area contributed by atoms with Crippen molar-refractivity contribution < 1.29 is 36.3 Å². The molecule has 0 aromatic heterocycles. The lowest BCUT2D eigenvalue weighted by atomic mass is 10.3. The predicted octanol–water partition coefficient (Wildman–Crippen LogP) is 3.22. The van der Waals surface area contributed by atoms with Gasteiger partial charge in [0.1, 0.15) is 13.1 Å². The maximum Gasteiger partial charge on any atom is 0.269 e. The molecule has 18 heteroatoms. The van der Waals surface area contributed by atoms with Crippen molar-refractivity contribution in [1.29, 1.82) is 0 Å². The molecule has 0 unspecified atom stereocenters. The molecule has 0 radical (unpaired) electrons. The Bertz CT molecular complexity index is 1870. The Hall–Kier alpha value is -5.88. The summed E-state index contributed by atoms with van der Waals surface area (Å²) in [6.45, 7) is -1.29. The van der Waals surface area contributed by atoms with Gasteiger partial charge in [0.05, 0.1) is 31.0 Å². The van der Waals surface area contributed by atoms with Crippen molar-refractivity contribution in [3.8, 4) is 0 Å². The first-order chi connectivity index (χ1) is 23.3. The molecule has 0 aliphatic heterocycles. The lowest BCUT2D eigenvalue weighted by Crippen LogP contribution is -2.42. The lowest BCUT2D eigenvalue weighted by Gasteiger charge is -2.24. The molecular formula is C31H30N6O10S2. The van der Waals surface area contributed by atoms with Crippen LogP contribution >= 0.6 is 0 Å². The Kier molecular flexibility index (Phi) is 11.6. The molecule has 0 aliphatic carbocycles. The quantitative estimate of drug-likeness (QED) is 0.0982. The second-order valence-corrected chi connectivity index (χ2v) is 14.0. The predicted molar refractivity (Wildman–Crippen MR) is 179 cm³/mol. The third-order valence-corrected chi connectivity index (χ3v) is 10.5. The first-order valence-electron chi connectivity index (χ1n) is 14.5. The molecule has 4 aromatic rings. The highest BCUT2D eigenvalue weighted by Crippen LogP contribution is 2.27. The summed E-state index contributed by atoms with van der Waals surface area (Å²) in [4.78, 5) is 46.4. The van der Waals surface area contributed by atoms with Crippen molar-refractivity contribution in [2.24, 2.45) is 0 Å². The van der Waals surface area contributed by atoms with Crippen LogP contribution in [0.4, 0.5) is 22.7 Å². The van der Waals surface area contributed by atoms with Gasteiger partial charge < -0.3 is 10.6 Å². The number of anilines is 2. The second-order valence-electron chi connectivity index (χ2n) is 10.2. The van der Waals surface area contributed by atoms with Crippen molar-refractivity contribution in [3.05, 3.63) is 129 Å². The summed E-state index contributed by atoms with van der Waals surface area (Å²) in [5.41, 5.74) is -0.471. The third-order valence-electron chi connectivity index (χ3n) is 6.93. The Morgan fingerprint density at radius 3 is 1.18 bits per heavy atom. The van der Waals surface area contributed by atoms with Crippen LogP contribution in [0.25, 0.3) is 0 Å². The molecule has 256 valence electrons. The summed E-state index contributed by atoms with van der Waals surface area (Å²) in [5, 5.41) is 27.3. The number of rotatable bonds is 16. The van der Waals surface area contributed by atoms with Gasteiger partial charge in [-0.15, -0.1) is 0 Å². The van der Waals surface area contributed by atoms with Crippen LogP contribution in [0, 0.1) is 20.2 Å².